The molecule has 1 aliphatic heterocycles. The van der Waals surface area contributed by atoms with Gasteiger partial charge in [-0.2, -0.15) is 4.98 Å². The molecule has 2 rings (SSSR count). The van der Waals surface area contributed by atoms with E-state index in [9.17, 15) is 4.79 Å². The summed E-state index contributed by atoms with van der Waals surface area (Å²) in [6, 6.07) is 0. The molecule has 14 heavy (non-hydrogen) atoms. The Kier molecular flexibility index (Phi) is 2.45. The van der Waals surface area contributed by atoms with Crippen LogP contribution in [0.4, 0.5) is 5.95 Å². The summed E-state index contributed by atoms with van der Waals surface area (Å²) < 4.78 is 5.22. The van der Waals surface area contributed by atoms with Crippen molar-refractivity contribution in [2.45, 2.75) is 25.9 Å². The predicted molar refractivity (Wildman–Crippen MR) is 48.7 cm³/mol. The van der Waals surface area contributed by atoms with Crippen molar-refractivity contribution >= 4 is 11.9 Å². The van der Waals surface area contributed by atoms with Gasteiger partial charge in [-0.15, -0.1) is 5.10 Å². The monoisotopic (exact) mass is 196 g/mol. The third-order valence-electron chi connectivity index (χ3n) is 2.05. The van der Waals surface area contributed by atoms with Crippen molar-refractivity contribution in [2.75, 3.05) is 11.9 Å². The van der Waals surface area contributed by atoms with Crippen LogP contribution in [0.2, 0.25) is 0 Å². The number of hydrogen-bond donors (Lipinski definition) is 2. The largest absolute Gasteiger partial charge is 0.368 e. The molecule has 0 aliphatic carbocycles. The Labute approximate surface area is 81.1 Å². The van der Waals surface area contributed by atoms with Crippen molar-refractivity contribution < 1.29 is 9.53 Å². The lowest BCUT2D eigenvalue weighted by atomic mass is 10.2. The fraction of sp³-hybridized carbons (Fsp3) is 0.625. The zero-order valence-electron chi connectivity index (χ0n) is 7.91. The Morgan fingerprint density at radius 2 is 2.57 bits per heavy atom. The molecule has 6 heteroatoms. The van der Waals surface area contributed by atoms with Crippen LogP contribution in [0.3, 0.4) is 0 Å². The minimum Gasteiger partial charge on any atom is -0.368 e. The van der Waals surface area contributed by atoms with Crippen molar-refractivity contribution in [3.63, 3.8) is 0 Å². The SMILES string of the molecule is Cc1nc(NC(=O)[C@@H]2CCCO2)n[nH]1. The average molecular weight is 196 g/mol. The number of aromatic nitrogens is 3. The molecule has 1 atom stereocenters. The molecule has 0 saturated carbocycles. The van der Waals surface area contributed by atoms with Crippen LogP contribution in [-0.2, 0) is 9.53 Å². The Morgan fingerprint density at radius 3 is 3.14 bits per heavy atom. The van der Waals surface area contributed by atoms with Crippen molar-refractivity contribution in [3.8, 4) is 0 Å². The lowest BCUT2D eigenvalue weighted by Crippen LogP contribution is -2.27. The fourth-order valence-corrected chi connectivity index (χ4v) is 1.37. The number of carbonyl (C=O) groups is 1. The van der Waals surface area contributed by atoms with E-state index in [-0.39, 0.29) is 12.0 Å². The molecule has 0 spiro atoms. The summed E-state index contributed by atoms with van der Waals surface area (Å²) in [4.78, 5) is 15.5. The van der Waals surface area contributed by atoms with Crippen LogP contribution in [0, 0.1) is 6.92 Å². The number of aryl methyl sites for hydroxylation is 1. The molecule has 1 amide bonds. The van der Waals surface area contributed by atoms with Crippen LogP contribution in [-0.4, -0.2) is 33.8 Å². The average Bonchev–Trinajstić information content (AvgIpc) is 2.75. The first kappa shape index (κ1) is 9.14. The van der Waals surface area contributed by atoms with Gasteiger partial charge in [0.15, 0.2) is 0 Å². The zero-order chi connectivity index (χ0) is 9.97. The number of hydrogen-bond acceptors (Lipinski definition) is 4. The maximum atomic E-state index is 11.5. The van der Waals surface area contributed by atoms with Gasteiger partial charge in [-0.3, -0.25) is 15.2 Å². The van der Waals surface area contributed by atoms with E-state index in [0.717, 1.165) is 12.8 Å². The van der Waals surface area contributed by atoms with E-state index in [1.807, 2.05) is 0 Å². The molecule has 0 unspecified atom stereocenters. The maximum absolute atomic E-state index is 11.5. The molecule has 1 aliphatic rings. The Hall–Kier alpha value is -1.43. The van der Waals surface area contributed by atoms with Crippen molar-refractivity contribution in [1.29, 1.82) is 0 Å². The van der Waals surface area contributed by atoms with Crippen molar-refractivity contribution in [2.24, 2.45) is 0 Å². The summed E-state index contributed by atoms with van der Waals surface area (Å²) in [6.45, 7) is 2.43. The van der Waals surface area contributed by atoms with E-state index in [1.165, 1.54) is 0 Å². The van der Waals surface area contributed by atoms with E-state index in [2.05, 4.69) is 20.5 Å². The number of nitrogens with one attached hydrogen (secondary N) is 2. The van der Waals surface area contributed by atoms with Crippen LogP contribution >= 0.6 is 0 Å². The summed E-state index contributed by atoms with van der Waals surface area (Å²) in [7, 11) is 0. The second-order valence-corrected chi connectivity index (χ2v) is 3.24. The molecule has 2 N–H and O–H groups in total. The van der Waals surface area contributed by atoms with E-state index in [4.69, 9.17) is 4.74 Å². The topological polar surface area (TPSA) is 79.9 Å². The minimum absolute atomic E-state index is 0.165. The molecular formula is C8H12N4O2. The van der Waals surface area contributed by atoms with E-state index in [1.54, 1.807) is 6.92 Å². The molecule has 1 aromatic rings. The lowest BCUT2D eigenvalue weighted by molar-refractivity contribution is -0.124. The van der Waals surface area contributed by atoms with Gasteiger partial charge < -0.3 is 4.74 Å². The predicted octanol–water partition coefficient (Wildman–Crippen LogP) is 0.231. The molecule has 76 valence electrons. The van der Waals surface area contributed by atoms with Gasteiger partial charge in [-0.25, -0.2) is 0 Å². The van der Waals surface area contributed by atoms with Crippen LogP contribution in [0.5, 0.6) is 0 Å². The first-order valence-corrected chi connectivity index (χ1v) is 4.57. The third kappa shape index (κ3) is 1.90. The van der Waals surface area contributed by atoms with Crippen LogP contribution in [0.25, 0.3) is 0 Å². The number of amides is 1. The lowest BCUT2D eigenvalue weighted by Gasteiger charge is -2.06. The summed E-state index contributed by atoms with van der Waals surface area (Å²) >= 11 is 0. The molecule has 0 radical (unpaired) electrons. The minimum atomic E-state index is -0.339. The second-order valence-electron chi connectivity index (χ2n) is 3.24. The van der Waals surface area contributed by atoms with Gasteiger partial charge in [-0.05, 0) is 19.8 Å². The molecule has 0 aromatic carbocycles. The molecule has 1 aromatic heterocycles. The fourth-order valence-electron chi connectivity index (χ4n) is 1.37. The van der Waals surface area contributed by atoms with Gasteiger partial charge in [0, 0.05) is 6.61 Å². The molecule has 6 nitrogen and oxygen atoms in total. The molecular weight excluding hydrogens is 184 g/mol. The molecule has 1 saturated heterocycles. The normalized spacial score (nSPS) is 21.1. The maximum Gasteiger partial charge on any atom is 0.255 e. The Morgan fingerprint density at radius 1 is 1.71 bits per heavy atom. The summed E-state index contributed by atoms with van der Waals surface area (Å²) in [6.07, 6.45) is 1.37. The third-order valence-corrected chi connectivity index (χ3v) is 2.05. The Balaban J connectivity index is 1.93. The van der Waals surface area contributed by atoms with Crippen LogP contribution < -0.4 is 5.32 Å². The highest BCUT2D eigenvalue weighted by molar-refractivity contribution is 5.92. The summed E-state index contributed by atoms with van der Waals surface area (Å²) in [5, 5.41) is 9.04. The van der Waals surface area contributed by atoms with Gasteiger partial charge in [-0.1, -0.05) is 0 Å². The van der Waals surface area contributed by atoms with Gasteiger partial charge in [0.1, 0.15) is 11.9 Å². The van der Waals surface area contributed by atoms with E-state index in [0.29, 0.717) is 18.4 Å². The van der Waals surface area contributed by atoms with E-state index < -0.39 is 0 Å². The smallest absolute Gasteiger partial charge is 0.255 e. The quantitative estimate of drug-likeness (QED) is 0.709. The van der Waals surface area contributed by atoms with Gasteiger partial charge in [0.05, 0.1) is 0 Å². The number of aromatic amines is 1. The summed E-state index contributed by atoms with van der Waals surface area (Å²) in [5.74, 6) is 0.817. The van der Waals surface area contributed by atoms with Gasteiger partial charge >= 0.3 is 0 Å². The number of carbonyl (C=O) groups excluding carboxylic acids is 1. The molecule has 0 bridgehead atoms. The highest BCUT2D eigenvalue weighted by Gasteiger charge is 2.24. The van der Waals surface area contributed by atoms with Gasteiger partial charge in [0.25, 0.3) is 5.91 Å². The number of ether oxygens (including phenoxy) is 1. The van der Waals surface area contributed by atoms with Crippen molar-refractivity contribution in [3.05, 3.63) is 5.82 Å². The number of rotatable bonds is 2. The number of H-pyrrole nitrogens is 1. The first-order chi connectivity index (χ1) is 6.75. The first-order valence-electron chi connectivity index (χ1n) is 4.57. The van der Waals surface area contributed by atoms with Gasteiger partial charge in [0.2, 0.25) is 5.95 Å². The highest BCUT2D eigenvalue weighted by atomic mass is 16.5. The number of nitrogens with zero attached hydrogens (tertiary/aromatic N) is 2. The standard InChI is InChI=1S/C8H12N4O2/c1-5-9-8(12-11-5)10-7(13)6-3-2-4-14-6/h6H,2-4H2,1H3,(H2,9,10,11,12,13)/t6-/m0/s1. The highest BCUT2D eigenvalue weighted by Crippen LogP contribution is 2.13. The van der Waals surface area contributed by atoms with Crippen LogP contribution in [0.1, 0.15) is 18.7 Å². The molecule has 1 fully saturated rings. The van der Waals surface area contributed by atoms with Crippen LogP contribution in [0.15, 0.2) is 0 Å². The number of anilines is 1. The van der Waals surface area contributed by atoms with E-state index >= 15 is 0 Å². The Bertz CT molecular complexity index is 330. The summed E-state index contributed by atoms with van der Waals surface area (Å²) in [5.41, 5.74) is 0. The second kappa shape index (κ2) is 3.75. The zero-order valence-corrected chi connectivity index (χ0v) is 7.91. The van der Waals surface area contributed by atoms with Crippen molar-refractivity contribution in [1.82, 2.24) is 15.2 Å². The molecule has 2 heterocycles.